The molecular weight excluding hydrogens is 244 g/mol. The van der Waals surface area contributed by atoms with Crippen LogP contribution in [0.15, 0.2) is 30.3 Å². The Morgan fingerprint density at radius 3 is 2.83 bits per heavy atom. The summed E-state index contributed by atoms with van der Waals surface area (Å²) in [6.45, 7) is 3.14. The summed E-state index contributed by atoms with van der Waals surface area (Å²) in [7, 11) is 0. The monoisotopic (exact) mass is 258 g/mol. The Morgan fingerprint density at radius 2 is 2.11 bits per heavy atom. The van der Waals surface area contributed by atoms with E-state index in [0.29, 0.717) is 0 Å². The standard InChI is InChI=1S/C14H14N2OS/c1-10(17)16-8-7-12-13(9-16)18-14(15-12)11-5-3-2-4-6-11/h2-6H,7-9H2,1H3. The first kappa shape index (κ1) is 11.4. The molecule has 1 amide bonds. The molecule has 0 saturated carbocycles. The summed E-state index contributed by atoms with van der Waals surface area (Å²) in [4.78, 5) is 19.2. The van der Waals surface area contributed by atoms with E-state index in [4.69, 9.17) is 4.98 Å². The van der Waals surface area contributed by atoms with Gasteiger partial charge in [0.1, 0.15) is 5.01 Å². The van der Waals surface area contributed by atoms with Crippen LogP contribution in [0.25, 0.3) is 10.6 Å². The predicted molar refractivity (Wildman–Crippen MR) is 72.3 cm³/mol. The number of hydrogen-bond donors (Lipinski definition) is 0. The van der Waals surface area contributed by atoms with Gasteiger partial charge in [0, 0.05) is 30.3 Å². The average Bonchev–Trinajstić information content (AvgIpc) is 2.82. The Balaban J connectivity index is 1.92. The molecule has 1 aromatic carbocycles. The summed E-state index contributed by atoms with van der Waals surface area (Å²) >= 11 is 1.70. The molecule has 0 saturated heterocycles. The van der Waals surface area contributed by atoms with Gasteiger partial charge in [0.05, 0.1) is 12.2 Å². The van der Waals surface area contributed by atoms with Crippen molar-refractivity contribution in [2.75, 3.05) is 6.54 Å². The molecule has 92 valence electrons. The molecule has 0 N–H and O–H groups in total. The van der Waals surface area contributed by atoms with Crippen LogP contribution >= 0.6 is 11.3 Å². The maximum Gasteiger partial charge on any atom is 0.219 e. The van der Waals surface area contributed by atoms with Crippen molar-refractivity contribution < 1.29 is 4.79 Å². The van der Waals surface area contributed by atoms with E-state index in [2.05, 4.69) is 12.1 Å². The molecule has 3 nitrogen and oxygen atoms in total. The third kappa shape index (κ3) is 2.04. The number of benzene rings is 1. The topological polar surface area (TPSA) is 33.2 Å². The van der Waals surface area contributed by atoms with Gasteiger partial charge in [0.2, 0.25) is 5.91 Å². The van der Waals surface area contributed by atoms with E-state index >= 15 is 0 Å². The van der Waals surface area contributed by atoms with Gasteiger partial charge < -0.3 is 4.90 Å². The summed E-state index contributed by atoms with van der Waals surface area (Å²) in [6, 6.07) is 10.2. The molecule has 18 heavy (non-hydrogen) atoms. The number of hydrogen-bond acceptors (Lipinski definition) is 3. The van der Waals surface area contributed by atoms with E-state index in [1.54, 1.807) is 18.3 Å². The van der Waals surface area contributed by atoms with E-state index in [9.17, 15) is 4.79 Å². The minimum Gasteiger partial charge on any atom is -0.337 e. The van der Waals surface area contributed by atoms with Gasteiger partial charge in [-0.25, -0.2) is 4.98 Å². The summed E-state index contributed by atoms with van der Waals surface area (Å²) in [5, 5.41) is 1.06. The Bertz CT molecular complexity index is 577. The van der Waals surface area contributed by atoms with Crippen LogP contribution in [0.3, 0.4) is 0 Å². The minimum absolute atomic E-state index is 0.148. The van der Waals surface area contributed by atoms with E-state index < -0.39 is 0 Å². The fraction of sp³-hybridized carbons (Fsp3) is 0.286. The Labute approximate surface area is 110 Å². The van der Waals surface area contributed by atoms with Crippen molar-refractivity contribution in [3.63, 3.8) is 0 Å². The fourth-order valence-electron chi connectivity index (χ4n) is 2.17. The second kappa shape index (κ2) is 4.53. The Morgan fingerprint density at radius 1 is 1.33 bits per heavy atom. The molecule has 1 aliphatic heterocycles. The molecule has 0 fully saturated rings. The van der Waals surface area contributed by atoms with Gasteiger partial charge in [-0.2, -0.15) is 0 Å². The highest BCUT2D eigenvalue weighted by atomic mass is 32.1. The minimum atomic E-state index is 0.148. The Hall–Kier alpha value is -1.68. The normalized spacial score (nSPS) is 14.4. The van der Waals surface area contributed by atoms with E-state index in [1.165, 1.54) is 4.88 Å². The third-order valence-electron chi connectivity index (χ3n) is 3.20. The van der Waals surface area contributed by atoms with Crippen LogP contribution in [0.4, 0.5) is 0 Å². The highest BCUT2D eigenvalue weighted by Gasteiger charge is 2.22. The summed E-state index contributed by atoms with van der Waals surface area (Å²) in [5.74, 6) is 0.148. The zero-order valence-corrected chi connectivity index (χ0v) is 11.0. The number of thiazole rings is 1. The van der Waals surface area contributed by atoms with Crippen LogP contribution < -0.4 is 0 Å². The largest absolute Gasteiger partial charge is 0.337 e. The van der Waals surface area contributed by atoms with Crippen molar-refractivity contribution in [1.82, 2.24) is 9.88 Å². The first-order valence-corrected chi connectivity index (χ1v) is 6.85. The first-order chi connectivity index (χ1) is 8.74. The Kier molecular flexibility index (Phi) is 2.88. The van der Waals surface area contributed by atoms with Gasteiger partial charge in [-0.3, -0.25) is 4.79 Å². The summed E-state index contributed by atoms with van der Waals surface area (Å²) in [6.07, 6.45) is 0.873. The summed E-state index contributed by atoms with van der Waals surface area (Å²) < 4.78 is 0. The quantitative estimate of drug-likeness (QED) is 0.788. The average molecular weight is 258 g/mol. The van der Waals surface area contributed by atoms with Gasteiger partial charge in [-0.05, 0) is 0 Å². The molecule has 2 heterocycles. The number of carbonyl (C=O) groups is 1. The lowest BCUT2D eigenvalue weighted by molar-refractivity contribution is -0.129. The lowest BCUT2D eigenvalue weighted by Crippen LogP contribution is -2.33. The smallest absolute Gasteiger partial charge is 0.219 e. The molecule has 0 atom stereocenters. The van der Waals surface area contributed by atoms with Gasteiger partial charge in [0.25, 0.3) is 0 Å². The first-order valence-electron chi connectivity index (χ1n) is 6.03. The zero-order chi connectivity index (χ0) is 12.5. The molecule has 0 spiro atoms. The second-order valence-corrected chi connectivity index (χ2v) is 5.53. The van der Waals surface area contributed by atoms with Gasteiger partial charge in [-0.1, -0.05) is 30.3 Å². The third-order valence-corrected chi connectivity index (χ3v) is 4.33. The van der Waals surface area contributed by atoms with E-state index in [-0.39, 0.29) is 5.91 Å². The van der Waals surface area contributed by atoms with Gasteiger partial charge in [0.15, 0.2) is 0 Å². The summed E-state index contributed by atoms with van der Waals surface area (Å²) in [5.41, 5.74) is 2.32. The maximum atomic E-state index is 11.4. The lowest BCUT2D eigenvalue weighted by Gasteiger charge is -2.24. The van der Waals surface area contributed by atoms with Crippen LogP contribution in [0.1, 0.15) is 17.5 Å². The van der Waals surface area contributed by atoms with Crippen LogP contribution in [0, 0.1) is 0 Å². The second-order valence-electron chi connectivity index (χ2n) is 4.45. The molecule has 0 aliphatic carbocycles. The van der Waals surface area contributed by atoms with Crippen molar-refractivity contribution in [1.29, 1.82) is 0 Å². The SMILES string of the molecule is CC(=O)N1CCc2nc(-c3ccccc3)sc2C1. The predicted octanol–water partition coefficient (Wildman–Crippen LogP) is 2.71. The fourth-order valence-corrected chi connectivity index (χ4v) is 3.30. The van der Waals surface area contributed by atoms with Crippen molar-refractivity contribution in [3.05, 3.63) is 40.9 Å². The highest BCUT2D eigenvalue weighted by Crippen LogP contribution is 2.31. The zero-order valence-electron chi connectivity index (χ0n) is 10.2. The number of aromatic nitrogens is 1. The molecule has 1 aliphatic rings. The van der Waals surface area contributed by atoms with E-state index in [1.807, 2.05) is 23.1 Å². The molecule has 4 heteroatoms. The lowest BCUT2D eigenvalue weighted by atomic mass is 10.2. The van der Waals surface area contributed by atoms with Crippen molar-refractivity contribution in [2.24, 2.45) is 0 Å². The molecule has 0 radical (unpaired) electrons. The van der Waals surface area contributed by atoms with Crippen LogP contribution in [0.5, 0.6) is 0 Å². The number of fused-ring (bicyclic) bond motifs is 1. The maximum absolute atomic E-state index is 11.4. The molecule has 1 aromatic heterocycles. The number of nitrogens with zero attached hydrogens (tertiary/aromatic N) is 2. The van der Waals surface area contributed by atoms with Gasteiger partial charge in [-0.15, -0.1) is 11.3 Å². The molecular formula is C14H14N2OS. The molecule has 0 unspecified atom stereocenters. The van der Waals surface area contributed by atoms with Crippen molar-refractivity contribution >= 4 is 17.2 Å². The molecule has 2 aromatic rings. The molecule has 3 rings (SSSR count). The van der Waals surface area contributed by atoms with Crippen molar-refractivity contribution in [2.45, 2.75) is 19.9 Å². The van der Waals surface area contributed by atoms with Crippen LogP contribution in [-0.4, -0.2) is 22.3 Å². The molecule has 0 bridgehead atoms. The number of amides is 1. The van der Waals surface area contributed by atoms with Crippen molar-refractivity contribution in [3.8, 4) is 10.6 Å². The van der Waals surface area contributed by atoms with E-state index in [0.717, 1.165) is 35.8 Å². The highest BCUT2D eigenvalue weighted by molar-refractivity contribution is 7.15. The van der Waals surface area contributed by atoms with Crippen LogP contribution in [0.2, 0.25) is 0 Å². The van der Waals surface area contributed by atoms with Crippen LogP contribution in [-0.2, 0) is 17.8 Å². The number of rotatable bonds is 1. The van der Waals surface area contributed by atoms with Gasteiger partial charge >= 0.3 is 0 Å². The number of carbonyl (C=O) groups excluding carboxylic acids is 1.